The van der Waals surface area contributed by atoms with Crippen molar-refractivity contribution >= 4 is 17.9 Å². The minimum atomic E-state index is -1.46. The van der Waals surface area contributed by atoms with Gasteiger partial charge in [0, 0.05) is 25.7 Å². The van der Waals surface area contributed by atoms with E-state index in [4.69, 9.17) is 23.7 Å². The molecule has 0 spiro atoms. The van der Waals surface area contributed by atoms with Crippen molar-refractivity contribution in [2.24, 2.45) is 5.11 Å². The average Bonchev–Trinajstić information content (AvgIpc) is 2.98. The molecule has 1 heterocycles. The van der Waals surface area contributed by atoms with Crippen LogP contribution in [-0.4, -0.2) is 55.2 Å². The fraction of sp³-hybridized carbons (Fsp3) is 0.323. The van der Waals surface area contributed by atoms with E-state index in [1.165, 1.54) is 6.92 Å². The van der Waals surface area contributed by atoms with Crippen LogP contribution in [0.4, 0.5) is 0 Å². The molecule has 3 aromatic rings. The number of carbonyl (C=O) groups is 3. The molecular weight excluding hydrogens is 542 g/mol. The topological polar surface area (TPSA) is 146 Å². The summed E-state index contributed by atoms with van der Waals surface area (Å²) in [4.78, 5) is 39.1. The molecule has 0 N–H and O–H groups in total. The number of nitrogens with zero attached hydrogens (tertiary/aromatic N) is 3. The van der Waals surface area contributed by atoms with E-state index < -0.39 is 54.2 Å². The van der Waals surface area contributed by atoms with Crippen LogP contribution >= 0.6 is 0 Å². The van der Waals surface area contributed by atoms with Crippen LogP contribution in [0.5, 0.6) is 0 Å². The zero-order chi connectivity index (χ0) is 30.1. The Morgan fingerprint density at radius 2 is 1.17 bits per heavy atom. The summed E-state index contributed by atoms with van der Waals surface area (Å²) in [6, 6.07) is 27.4. The predicted octanol–water partition coefficient (Wildman–Crippen LogP) is 4.83. The summed E-state index contributed by atoms with van der Waals surface area (Å²) < 4.78 is 29.3. The van der Waals surface area contributed by atoms with Crippen LogP contribution in [0.15, 0.2) is 96.1 Å². The van der Waals surface area contributed by atoms with Crippen LogP contribution < -0.4 is 0 Å². The van der Waals surface area contributed by atoms with E-state index in [-0.39, 0.29) is 6.61 Å². The van der Waals surface area contributed by atoms with Gasteiger partial charge >= 0.3 is 17.9 Å². The van der Waals surface area contributed by atoms with Crippen LogP contribution in [0.1, 0.15) is 37.5 Å². The van der Waals surface area contributed by atoms with Crippen molar-refractivity contribution in [2.45, 2.75) is 57.0 Å². The van der Waals surface area contributed by atoms with Gasteiger partial charge in [-0.15, -0.1) is 0 Å². The fourth-order valence-corrected chi connectivity index (χ4v) is 5.10. The van der Waals surface area contributed by atoms with Crippen molar-refractivity contribution in [1.82, 2.24) is 0 Å². The third kappa shape index (κ3) is 6.77. The van der Waals surface area contributed by atoms with E-state index in [1.54, 1.807) is 0 Å². The van der Waals surface area contributed by atoms with Gasteiger partial charge in [0.15, 0.2) is 12.2 Å². The van der Waals surface area contributed by atoms with Crippen molar-refractivity contribution in [2.75, 3.05) is 6.61 Å². The first-order valence-electron chi connectivity index (χ1n) is 13.3. The molecule has 0 unspecified atom stereocenters. The molecule has 0 aliphatic carbocycles. The first kappa shape index (κ1) is 30.3. The molecule has 11 nitrogen and oxygen atoms in total. The molecular formula is C31H31N3O8. The molecule has 1 saturated heterocycles. The van der Waals surface area contributed by atoms with Crippen molar-refractivity contribution in [3.63, 3.8) is 0 Å². The van der Waals surface area contributed by atoms with E-state index >= 15 is 0 Å². The molecule has 0 amide bonds. The molecule has 1 aliphatic rings. The summed E-state index contributed by atoms with van der Waals surface area (Å²) in [7, 11) is 0. The van der Waals surface area contributed by atoms with Gasteiger partial charge in [0.1, 0.15) is 17.7 Å². The maximum atomic E-state index is 12.2. The minimum absolute atomic E-state index is 0.227. The summed E-state index contributed by atoms with van der Waals surface area (Å²) in [6.07, 6.45) is -5.19. The van der Waals surface area contributed by atoms with Crippen molar-refractivity contribution in [1.29, 1.82) is 0 Å². The lowest BCUT2D eigenvalue weighted by atomic mass is 9.80. The smallest absolute Gasteiger partial charge is 0.304 e. The van der Waals surface area contributed by atoms with Gasteiger partial charge < -0.3 is 23.7 Å². The second-order valence-electron chi connectivity index (χ2n) is 9.59. The highest BCUT2D eigenvalue weighted by atomic mass is 16.7. The van der Waals surface area contributed by atoms with Crippen molar-refractivity contribution < 1.29 is 38.1 Å². The number of ether oxygens (including phenoxy) is 5. The Bertz CT molecular complexity index is 1320. The summed E-state index contributed by atoms with van der Waals surface area (Å²) in [5.74, 6) is -2.15. The Labute approximate surface area is 242 Å². The van der Waals surface area contributed by atoms with Gasteiger partial charge in [0.25, 0.3) is 0 Å². The number of azide groups is 1. The lowest BCUT2D eigenvalue weighted by Crippen LogP contribution is -2.61. The molecule has 218 valence electrons. The van der Waals surface area contributed by atoms with Crippen LogP contribution in [0.2, 0.25) is 0 Å². The molecule has 42 heavy (non-hydrogen) atoms. The number of hydrogen-bond acceptors (Lipinski definition) is 9. The number of esters is 3. The van der Waals surface area contributed by atoms with Gasteiger partial charge in [0.2, 0.25) is 6.29 Å². The Kier molecular flexibility index (Phi) is 9.93. The van der Waals surface area contributed by atoms with Gasteiger partial charge in [-0.05, 0) is 22.2 Å². The summed E-state index contributed by atoms with van der Waals surface area (Å²) >= 11 is 0. The second kappa shape index (κ2) is 13.8. The molecule has 11 heteroatoms. The Balaban J connectivity index is 1.84. The number of carbonyl (C=O) groups excluding carboxylic acids is 3. The van der Waals surface area contributed by atoms with E-state index in [2.05, 4.69) is 10.0 Å². The largest absolute Gasteiger partial charge is 0.458 e. The van der Waals surface area contributed by atoms with E-state index in [0.29, 0.717) is 0 Å². The molecule has 1 aliphatic heterocycles. The maximum Gasteiger partial charge on any atom is 0.304 e. The second-order valence-corrected chi connectivity index (χ2v) is 9.59. The standard InChI is InChI=1S/C31H31N3O8/c1-20(35)39-28-26(42-30(41-22(3)37)27(33-34-32)29(28)40-21(2)36)19-38-31(23-13-7-4-8-14-23,24-15-9-5-10-16-24)25-17-11-6-12-18-25/h4-18,26-30H,19H2,1-3H3/t26-,27-,28-,29-,30-/m1/s1. The van der Waals surface area contributed by atoms with Gasteiger partial charge in [0.05, 0.1) is 6.61 Å². The normalized spacial score (nSPS) is 21.8. The van der Waals surface area contributed by atoms with Crippen molar-refractivity contribution in [3.05, 3.63) is 118 Å². The molecule has 0 bridgehead atoms. The SMILES string of the molecule is CC(=O)O[C@@H]1O[C@H](COC(c2ccccc2)(c2ccccc2)c2ccccc2)[C@@H](OC(C)=O)[C@H](OC(C)=O)[C@H]1N=[N+]=[N-]. The Hall–Kier alpha value is -4.70. The highest BCUT2D eigenvalue weighted by molar-refractivity contribution is 5.68. The van der Waals surface area contributed by atoms with E-state index in [1.807, 2.05) is 91.0 Å². The average molecular weight is 574 g/mol. The van der Waals surface area contributed by atoms with Crippen LogP contribution in [0, 0.1) is 0 Å². The molecule has 0 aromatic heterocycles. The van der Waals surface area contributed by atoms with Crippen LogP contribution in [-0.2, 0) is 43.7 Å². The quantitative estimate of drug-likeness (QED) is 0.0837. The van der Waals surface area contributed by atoms with E-state index in [9.17, 15) is 19.9 Å². The highest BCUT2D eigenvalue weighted by Gasteiger charge is 2.52. The van der Waals surface area contributed by atoms with Crippen LogP contribution in [0.25, 0.3) is 10.4 Å². The summed E-state index contributed by atoms with van der Waals surface area (Å²) in [5, 5.41) is 3.67. The molecule has 4 rings (SSSR count). The highest BCUT2D eigenvalue weighted by Crippen LogP contribution is 2.41. The minimum Gasteiger partial charge on any atom is -0.458 e. The number of benzene rings is 3. The lowest BCUT2D eigenvalue weighted by Gasteiger charge is -2.44. The zero-order valence-corrected chi connectivity index (χ0v) is 23.4. The summed E-state index contributed by atoms with van der Waals surface area (Å²) in [5.41, 5.74) is 10.5. The third-order valence-corrected chi connectivity index (χ3v) is 6.69. The molecule has 0 radical (unpaired) electrons. The predicted molar refractivity (Wildman–Crippen MR) is 150 cm³/mol. The van der Waals surface area contributed by atoms with Gasteiger partial charge in [-0.1, -0.05) is 96.1 Å². The Morgan fingerprint density at radius 1 is 0.738 bits per heavy atom. The number of rotatable bonds is 10. The van der Waals surface area contributed by atoms with Gasteiger partial charge in [-0.2, -0.15) is 0 Å². The zero-order valence-electron chi connectivity index (χ0n) is 23.4. The van der Waals surface area contributed by atoms with E-state index in [0.717, 1.165) is 30.5 Å². The molecule has 5 atom stereocenters. The number of hydrogen-bond donors (Lipinski definition) is 0. The first-order valence-corrected chi connectivity index (χ1v) is 13.3. The lowest BCUT2D eigenvalue weighted by molar-refractivity contribution is -0.271. The monoisotopic (exact) mass is 573 g/mol. The third-order valence-electron chi connectivity index (χ3n) is 6.69. The van der Waals surface area contributed by atoms with Gasteiger partial charge in [-0.3, -0.25) is 14.4 Å². The molecule has 1 fully saturated rings. The molecule has 3 aromatic carbocycles. The fourth-order valence-electron chi connectivity index (χ4n) is 5.10. The van der Waals surface area contributed by atoms with Crippen molar-refractivity contribution in [3.8, 4) is 0 Å². The summed E-state index contributed by atoms with van der Waals surface area (Å²) in [6.45, 7) is 3.28. The van der Waals surface area contributed by atoms with Gasteiger partial charge in [-0.25, -0.2) is 0 Å². The van der Waals surface area contributed by atoms with Crippen LogP contribution in [0.3, 0.4) is 0 Å². The Morgan fingerprint density at radius 3 is 1.57 bits per heavy atom. The molecule has 0 saturated carbocycles. The maximum absolute atomic E-state index is 12.2. The first-order chi connectivity index (χ1) is 20.3.